The molecule has 0 bridgehead atoms. The maximum atomic E-state index is 5.64. The number of hydrogen-bond acceptors (Lipinski definition) is 2. The van der Waals surface area contributed by atoms with E-state index in [0.29, 0.717) is 6.54 Å². The SMILES string of the molecule is CC(CN)C(C)C(N)(Cl)Cl. The van der Waals surface area contributed by atoms with E-state index in [1.54, 1.807) is 0 Å². The van der Waals surface area contributed by atoms with Crippen LogP contribution in [0.2, 0.25) is 0 Å². The molecule has 0 fully saturated rings. The van der Waals surface area contributed by atoms with Gasteiger partial charge in [0.05, 0.1) is 0 Å². The molecule has 2 unspecified atom stereocenters. The predicted molar refractivity (Wildman–Crippen MR) is 46.0 cm³/mol. The molecule has 10 heavy (non-hydrogen) atoms. The molecule has 62 valence electrons. The minimum atomic E-state index is -1.15. The fourth-order valence-electron chi connectivity index (χ4n) is 0.583. The molecule has 0 aromatic heterocycles. The second-order valence-electron chi connectivity index (χ2n) is 2.68. The summed E-state index contributed by atoms with van der Waals surface area (Å²) in [5, 5.41) is 0. The molecule has 0 aliphatic carbocycles. The number of alkyl halides is 2. The summed E-state index contributed by atoms with van der Waals surface area (Å²) in [4.78, 5) is 0. The van der Waals surface area contributed by atoms with Crippen molar-refractivity contribution in [3.63, 3.8) is 0 Å². The van der Waals surface area contributed by atoms with E-state index in [-0.39, 0.29) is 11.8 Å². The Hall–Kier alpha value is 0.500. The van der Waals surface area contributed by atoms with Gasteiger partial charge >= 0.3 is 0 Å². The van der Waals surface area contributed by atoms with Gasteiger partial charge in [0.25, 0.3) is 0 Å². The lowest BCUT2D eigenvalue weighted by atomic mass is 9.96. The Morgan fingerprint density at radius 1 is 1.40 bits per heavy atom. The highest BCUT2D eigenvalue weighted by molar-refractivity contribution is 6.48. The quantitative estimate of drug-likeness (QED) is 0.514. The minimum Gasteiger partial charge on any atom is -0.330 e. The molecule has 4 heteroatoms. The zero-order valence-electron chi connectivity index (χ0n) is 6.27. The topological polar surface area (TPSA) is 52.0 Å². The van der Waals surface area contributed by atoms with Crippen LogP contribution in [0.5, 0.6) is 0 Å². The fraction of sp³-hybridized carbons (Fsp3) is 1.00. The smallest absolute Gasteiger partial charge is 0.169 e. The van der Waals surface area contributed by atoms with Gasteiger partial charge in [-0.3, -0.25) is 5.73 Å². The molecule has 0 amide bonds. The normalized spacial score (nSPS) is 18.6. The third-order valence-electron chi connectivity index (χ3n) is 1.83. The molecule has 0 rings (SSSR count). The van der Waals surface area contributed by atoms with Gasteiger partial charge in [-0.05, 0) is 12.5 Å². The van der Waals surface area contributed by atoms with Crippen molar-refractivity contribution >= 4 is 23.2 Å². The molecule has 0 radical (unpaired) electrons. The lowest BCUT2D eigenvalue weighted by molar-refractivity contribution is 0.360. The molecule has 4 N–H and O–H groups in total. The van der Waals surface area contributed by atoms with E-state index in [4.69, 9.17) is 34.7 Å². The molecule has 0 aromatic carbocycles. The summed E-state index contributed by atoms with van der Waals surface area (Å²) in [6.07, 6.45) is 0. The molecule has 0 aliphatic heterocycles. The minimum absolute atomic E-state index is 0.0147. The van der Waals surface area contributed by atoms with Crippen LogP contribution in [0.25, 0.3) is 0 Å². The molecule has 0 spiro atoms. The summed E-state index contributed by atoms with van der Waals surface area (Å²) >= 11 is 11.3. The van der Waals surface area contributed by atoms with E-state index >= 15 is 0 Å². The number of rotatable bonds is 3. The van der Waals surface area contributed by atoms with Crippen molar-refractivity contribution in [1.82, 2.24) is 0 Å². The molecule has 0 saturated carbocycles. The molecular weight excluding hydrogens is 171 g/mol. The summed E-state index contributed by atoms with van der Waals surface area (Å²) in [5.74, 6) is 0.265. The standard InChI is InChI=1S/C6H14Cl2N2/c1-4(3-9)5(2)6(7,8)10/h4-5H,3,9-10H2,1-2H3. The Morgan fingerprint density at radius 2 is 1.80 bits per heavy atom. The Labute approximate surface area is 71.9 Å². The summed E-state index contributed by atoms with van der Waals surface area (Å²) in [6, 6.07) is 0. The first-order valence-corrected chi connectivity index (χ1v) is 4.02. The summed E-state index contributed by atoms with van der Waals surface area (Å²) in [6.45, 7) is 4.41. The molecule has 0 saturated heterocycles. The molecular formula is C6H14Cl2N2. The van der Waals surface area contributed by atoms with Gasteiger partial charge in [-0.15, -0.1) is 0 Å². The Morgan fingerprint density at radius 3 is 1.90 bits per heavy atom. The van der Waals surface area contributed by atoms with Crippen LogP contribution in [0.4, 0.5) is 0 Å². The van der Waals surface area contributed by atoms with E-state index in [9.17, 15) is 0 Å². The highest BCUT2D eigenvalue weighted by Gasteiger charge is 2.29. The second kappa shape index (κ2) is 3.77. The van der Waals surface area contributed by atoms with Crippen LogP contribution in [-0.4, -0.2) is 11.0 Å². The van der Waals surface area contributed by atoms with Crippen LogP contribution in [-0.2, 0) is 0 Å². The van der Waals surface area contributed by atoms with Gasteiger partial charge in [0.15, 0.2) is 4.46 Å². The highest BCUT2D eigenvalue weighted by Crippen LogP contribution is 2.29. The predicted octanol–water partition coefficient (Wildman–Crippen LogP) is 1.31. The lowest BCUT2D eigenvalue weighted by Gasteiger charge is -2.26. The first-order chi connectivity index (χ1) is 4.39. The Bertz CT molecular complexity index is 100. The van der Waals surface area contributed by atoms with E-state index in [1.165, 1.54) is 0 Å². The van der Waals surface area contributed by atoms with Crippen LogP contribution >= 0.6 is 23.2 Å². The van der Waals surface area contributed by atoms with Crippen LogP contribution in [0.3, 0.4) is 0 Å². The van der Waals surface area contributed by atoms with Crippen molar-refractivity contribution < 1.29 is 0 Å². The first-order valence-electron chi connectivity index (χ1n) is 3.26. The fourth-order valence-corrected chi connectivity index (χ4v) is 1.01. The number of nitrogens with two attached hydrogens (primary N) is 2. The average Bonchev–Trinajstić information content (AvgIpc) is 1.83. The molecule has 0 aliphatic rings. The van der Waals surface area contributed by atoms with Crippen molar-refractivity contribution in [3.05, 3.63) is 0 Å². The lowest BCUT2D eigenvalue weighted by Crippen LogP contribution is -2.39. The van der Waals surface area contributed by atoms with Crippen molar-refractivity contribution in [2.24, 2.45) is 23.3 Å². The van der Waals surface area contributed by atoms with Gasteiger partial charge in [0.1, 0.15) is 0 Å². The number of halogens is 2. The first kappa shape index (κ1) is 10.5. The molecule has 2 nitrogen and oxygen atoms in total. The second-order valence-corrected chi connectivity index (χ2v) is 4.12. The van der Waals surface area contributed by atoms with Crippen LogP contribution in [0.15, 0.2) is 0 Å². The van der Waals surface area contributed by atoms with Gasteiger partial charge in [0.2, 0.25) is 0 Å². The summed E-state index contributed by atoms with van der Waals surface area (Å²) in [5.41, 5.74) is 10.8. The van der Waals surface area contributed by atoms with Gasteiger partial charge in [-0.1, -0.05) is 37.0 Å². The zero-order chi connectivity index (χ0) is 8.36. The Balaban J connectivity index is 3.94. The van der Waals surface area contributed by atoms with Crippen LogP contribution < -0.4 is 11.5 Å². The highest BCUT2D eigenvalue weighted by atomic mass is 35.5. The van der Waals surface area contributed by atoms with E-state index in [1.807, 2.05) is 13.8 Å². The largest absolute Gasteiger partial charge is 0.330 e. The van der Waals surface area contributed by atoms with Gasteiger partial charge in [-0.25, -0.2) is 0 Å². The van der Waals surface area contributed by atoms with E-state index in [2.05, 4.69) is 0 Å². The molecule has 2 atom stereocenters. The monoisotopic (exact) mass is 184 g/mol. The van der Waals surface area contributed by atoms with Crippen LogP contribution in [0.1, 0.15) is 13.8 Å². The van der Waals surface area contributed by atoms with Crippen LogP contribution in [0, 0.1) is 11.8 Å². The maximum absolute atomic E-state index is 5.64. The van der Waals surface area contributed by atoms with Gasteiger partial charge in [-0.2, -0.15) is 0 Å². The van der Waals surface area contributed by atoms with Gasteiger partial charge < -0.3 is 5.73 Å². The van der Waals surface area contributed by atoms with Crippen molar-refractivity contribution in [2.75, 3.05) is 6.54 Å². The zero-order valence-corrected chi connectivity index (χ0v) is 7.78. The van der Waals surface area contributed by atoms with Crippen molar-refractivity contribution in [2.45, 2.75) is 18.3 Å². The molecule has 0 aromatic rings. The third-order valence-corrected chi connectivity index (χ3v) is 2.52. The third kappa shape index (κ3) is 3.06. The van der Waals surface area contributed by atoms with E-state index < -0.39 is 4.46 Å². The van der Waals surface area contributed by atoms with Crippen molar-refractivity contribution in [1.29, 1.82) is 0 Å². The summed E-state index contributed by atoms with van der Waals surface area (Å²) in [7, 11) is 0. The van der Waals surface area contributed by atoms with E-state index in [0.717, 1.165) is 0 Å². The summed E-state index contributed by atoms with van der Waals surface area (Å²) < 4.78 is -1.15. The number of hydrogen-bond donors (Lipinski definition) is 2. The average molecular weight is 185 g/mol. The van der Waals surface area contributed by atoms with Gasteiger partial charge in [0, 0.05) is 5.92 Å². The molecule has 0 heterocycles. The Kier molecular flexibility index (Phi) is 3.95. The van der Waals surface area contributed by atoms with Crippen molar-refractivity contribution in [3.8, 4) is 0 Å². The maximum Gasteiger partial charge on any atom is 0.169 e.